The minimum Gasteiger partial charge on any atom is -0.355 e. The molecule has 1 rings (SSSR count). The van der Waals surface area contributed by atoms with Crippen molar-refractivity contribution in [3.05, 3.63) is 29.3 Å². The van der Waals surface area contributed by atoms with E-state index in [1.807, 2.05) is 19.9 Å². The Morgan fingerprint density at radius 3 is 2.45 bits per heavy atom. The van der Waals surface area contributed by atoms with Gasteiger partial charge in [0.25, 0.3) is 5.91 Å². The molecule has 0 spiro atoms. The van der Waals surface area contributed by atoms with Gasteiger partial charge in [0.05, 0.1) is 0 Å². The van der Waals surface area contributed by atoms with Crippen LogP contribution in [0.2, 0.25) is 0 Å². The summed E-state index contributed by atoms with van der Waals surface area (Å²) in [4.78, 5) is 23.5. The Kier molecular flexibility index (Phi) is 7.87. The van der Waals surface area contributed by atoms with Crippen molar-refractivity contribution in [2.24, 2.45) is 5.92 Å². The normalized spacial score (nSPS) is 11.2. The highest BCUT2D eigenvalue weighted by Crippen LogP contribution is 2.17. The van der Waals surface area contributed by atoms with E-state index in [1.165, 1.54) is 0 Å². The van der Waals surface area contributed by atoms with Gasteiger partial charge in [-0.2, -0.15) is 0 Å². The van der Waals surface area contributed by atoms with Gasteiger partial charge in [-0.15, -0.1) is 12.4 Å². The van der Waals surface area contributed by atoms with Crippen LogP contribution in [0.3, 0.4) is 0 Å². The molecule has 0 radical (unpaired) electrons. The molecular weight excluding hydrogens is 278 g/mol. The first-order valence-corrected chi connectivity index (χ1v) is 6.27. The highest BCUT2D eigenvalue weighted by atomic mass is 35.5. The van der Waals surface area contributed by atoms with Crippen molar-refractivity contribution in [1.29, 1.82) is 0 Å². The summed E-state index contributed by atoms with van der Waals surface area (Å²) in [6, 6.07) is 5.25. The lowest BCUT2D eigenvalue weighted by molar-refractivity contribution is -0.119. The van der Waals surface area contributed by atoms with Crippen LogP contribution in [0.1, 0.15) is 22.8 Å². The number of halogens is 1. The quantitative estimate of drug-likeness (QED) is 0.773. The fraction of sp³-hybridized carbons (Fsp3) is 0.429. The van der Waals surface area contributed by atoms with Crippen molar-refractivity contribution < 1.29 is 9.59 Å². The van der Waals surface area contributed by atoms with Crippen molar-refractivity contribution in [1.82, 2.24) is 10.6 Å². The molecule has 5 nitrogen and oxygen atoms in total. The number of anilines is 1. The van der Waals surface area contributed by atoms with Crippen molar-refractivity contribution in [2.45, 2.75) is 13.8 Å². The number of benzene rings is 1. The molecule has 1 aromatic carbocycles. The maximum absolute atomic E-state index is 12.0. The van der Waals surface area contributed by atoms with Crippen molar-refractivity contribution >= 4 is 29.9 Å². The van der Waals surface area contributed by atoms with Gasteiger partial charge in [0.15, 0.2) is 0 Å². The fourth-order valence-electron chi connectivity index (χ4n) is 1.70. The lowest BCUT2D eigenvalue weighted by Gasteiger charge is -2.14. The van der Waals surface area contributed by atoms with E-state index < -0.39 is 0 Å². The number of carbonyl (C=O) groups excluding carboxylic acids is 2. The van der Waals surface area contributed by atoms with Crippen molar-refractivity contribution in [3.63, 3.8) is 0 Å². The number of hydrogen-bond acceptors (Lipinski definition) is 3. The van der Waals surface area contributed by atoms with Gasteiger partial charge < -0.3 is 16.0 Å². The molecule has 6 heteroatoms. The topological polar surface area (TPSA) is 70.2 Å². The van der Waals surface area contributed by atoms with Gasteiger partial charge in [0, 0.05) is 30.8 Å². The van der Waals surface area contributed by atoms with E-state index in [0.717, 1.165) is 5.56 Å². The second-order valence-corrected chi connectivity index (χ2v) is 4.56. The third-order valence-corrected chi connectivity index (χ3v) is 2.94. The van der Waals surface area contributed by atoms with Crippen LogP contribution >= 0.6 is 12.4 Å². The first-order valence-electron chi connectivity index (χ1n) is 6.27. The molecule has 20 heavy (non-hydrogen) atoms. The molecule has 0 heterocycles. The van der Waals surface area contributed by atoms with Gasteiger partial charge in [-0.25, -0.2) is 0 Å². The van der Waals surface area contributed by atoms with Gasteiger partial charge in [-0.1, -0.05) is 13.0 Å². The summed E-state index contributed by atoms with van der Waals surface area (Å²) in [6.07, 6.45) is 0. The SMILES string of the molecule is CNCC(C)C(=O)Nc1cc(C(=O)NC)ccc1C.Cl. The Hall–Kier alpha value is -1.59. The standard InChI is InChI=1S/C14H21N3O2.ClH/c1-9-5-6-11(14(19)16-4)7-12(9)17-13(18)10(2)8-15-3;/h5-7,10,15H,8H2,1-4H3,(H,16,19)(H,17,18);1H. The smallest absolute Gasteiger partial charge is 0.251 e. The minimum atomic E-state index is -0.168. The van der Waals surface area contributed by atoms with Gasteiger partial charge in [0.1, 0.15) is 0 Å². The highest BCUT2D eigenvalue weighted by Gasteiger charge is 2.14. The van der Waals surface area contributed by atoms with E-state index in [9.17, 15) is 9.59 Å². The van der Waals surface area contributed by atoms with Crippen molar-refractivity contribution in [2.75, 3.05) is 26.0 Å². The molecule has 3 N–H and O–H groups in total. The second kappa shape index (κ2) is 8.55. The number of amides is 2. The van der Waals surface area contributed by atoms with Gasteiger partial charge >= 0.3 is 0 Å². The van der Waals surface area contributed by atoms with Crippen LogP contribution in [0.25, 0.3) is 0 Å². The Morgan fingerprint density at radius 2 is 1.90 bits per heavy atom. The van der Waals surface area contributed by atoms with Crippen LogP contribution in [0.5, 0.6) is 0 Å². The summed E-state index contributed by atoms with van der Waals surface area (Å²) in [5.41, 5.74) is 2.14. The number of carbonyl (C=O) groups is 2. The van der Waals surface area contributed by atoms with E-state index in [4.69, 9.17) is 0 Å². The number of hydrogen-bond donors (Lipinski definition) is 3. The zero-order chi connectivity index (χ0) is 14.4. The molecule has 0 saturated carbocycles. The number of aryl methyl sites for hydroxylation is 1. The van der Waals surface area contributed by atoms with Crippen LogP contribution in [0.4, 0.5) is 5.69 Å². The van der Waals surface area contributed by atoms with Crippen LogP contribution in [0.15, 0.2) is 18.2 Å². The maximum atomic E-state index is 12.0. The molecule has 0 aliphatic carbocycles. The molecule has 0 aliphatic heterocycles. The average molecular weight is 300 g/mol. The summed E-state index contributed by atoms with van der Waals surface area (Å²) in [6.45, 7) is 4.36. The monoisotopic (exact) mass is 299 g/mol. The zero-order valence-corrected chi connectivity index (χ0v) is 13.1. The third-order valence-electron chi connectivity index (χ3n) is 2.94. The Balaban J connectivity index is 0.00000361. The largest absolute Gasteiger partial charge is 0.355 e. The fourth-order valence-corrected chi connectivity index (χ4v) is 1.70. The van der Waals surface area contributed by atoms with E-state index in [-0.39, 0.29) is 30.1 Å². The van der Waals surface area contributed by atoms with Crippen LogP contribution < -0.4 is 16.0 Å². The van der Waals surface area contributed by atoms with Crippen LogP contribution in [-0.4, -0.2) is 32.5 Å². The lowest BCUT2D eigenvalue weighted by Crippen LogP contribution is -2.29. The zero-order valence-electron chi connectivity index (χ0n) is 12.2. The predicted molar refractivity (Wildman–Crippen MR) is 83.5 cm³/mol. The van der Waals surface area contributed by atoms with E-state index in [2.05, 4.69) is 16.0 Å². The van der Waals surface area contributed by atoms with E-state index >= 15 is 0 Å². The van der Waals surface area contributed by atoms with E-state index in [0.29, 0.717) is 17.8 Å². The molecule has 0 aromatic heterocycles. The maximum Gasteiger partial charge on any atom is 0.251 e. The summed E-state index contributed by atoms with van der Waals surface area (Å²) < 4.78 is 0. The first kappa shape index (κ1) is 18.4. The molecule has 1 unspecified atom stereocenters. The van der Waals surface area contributed by atoms with Crippen LogP contribution in [-0.2, 0) is 4.79 Å². The molecule has 2 amide bonds. The number of nitrogens with one attached hydrogen (secondary N) is 3. The molecule has 0 fully saturated rings. The molecule has 112 valence electrons. The summed E-state index contributed by atoms with van der Waals surface area (Å²) in [7, 11) is 3.39. The third kappa shape index (κ3) is 4.83. The van der Waals surface area contributed by atoms with E-state index in [1.54, 1.807) is 26.2 Å². The molecule has 1 atom stereocenters. The van der Waals surface area contributed by atoms with Gasteiger partial charge in [0.2, 0.25) is 5.91 Å². The van der Waals surface area contributed by atoms with Crippen LogP contribution in [0, 0.1) is 12.8 Å². The Labute approximate surface area is 125 Å². The average Bonchev–Trinajstić information content (AvgIpc) is 2.40. The minimum absolute atomic E-state index is 0. The number of rotatable bonds is 5. The molecule has 1 aromatic rings. The molecule has 0 saturated heterocycles. The van der Waals surface area contributed by atoms with Crippen molar-refractivity contribution in [3.8, 4) is 0 Å². The predicted octanol–water partition coefficient (Wildman–Crippen LogP) is 1.57. The molecule has 0 aliphatic rings. The summed E-state index contributed by atoms with van der Waals surface area (Å²) >= 11 is 0. The molecule has 0 bridgehead atoms. The lowest BCUT2D eigenvalue weighted by atomic mass is 10.1. The highest BCUT2D eigenvalue weighted by molar-refractivity contribution is 5.98. The summed E-state index contributed by atoms with van der Waals surface area (Å²) in [5.74, 6) is -0.363. The summed E-state index contributed by atoms with van der Waals surface area (Å²) in [5, 5.41) is 8.38. The second-order valence-electron chi connectivity index (χ2n) is 4.56. The Morgan fingerprint density at radius 1 is 1.25 bits per heavy atom. The Bertz CT molecular complexity index is 477. The van der Waals surface area contributed by atoms with Gasteiger partial charge in [-0.05, 0) is 31.7 Å². The molecular formula is C14H22ClN3O2. The van der Waals surface area contributed by atoms with Gasteiger partial charge in [-0.3, -0.25) is 9.59 Å². The first-order chi connectivity index (χ1) is 8.99.